The number of carbonyl (C=O) groups excluding carboxylic acids is 5. The standard InChI is InChI=1S/C29H26N2O3.C25H18N2O3.C23H21BrN2O3/c1-29(2,3)34-28(33)24-16-14-22(20-10-6-4-7-11-20)18-26(24)31-27(32)25-17-15-23(19-30-25)21-12-8-5-9-13-21;28-24(22-14-12-20(16-26-22)18-9-5-2-6-10-18)27-23-15-19(11-13-21(23)25(29)30)17-7-3-1-4-8-17;1-23(2,3)29-22(28)18-11-9-16(15-7-5-4-6-8-15)13-20(18)26-21(27)19-12-10-17(24)14-25-19/h4-19H,1-3H3,(H,31,32);1-16H,(H,27,28)(H,29,30);4-14H,1-3H3,(H,26,27). The first-order valence-electron chi connectivity index (χ1n) is 29.5. The van der Waals surface area contributed by atoms with E-state index in [0.717, 1.165) is 60.1 Å². The quantitative estimate of drug-likeness (QED) is 0.0748. The molecule has 0 aliphatic heterocycles. The Morgan fingerprint density at radius 3 is 0.871 bits per heavy atom. The summed E-state index contributed by atoms with van der Waals surface area (Å²) in [7, 11) is 0. The molecule has 0 radical (unpaired) electrons. The normalized spacial score (nSPS) is 10.8. The van der Waals surface area contributed by atoms with Gasteiger partial charge < -0.3 is 30.5 Å². The lowest BCUT2D eigenvalue weighted by Gasteiger charge is -2.21. The van der Waals surface area contributed by atoms with E-state index in [4.69, 9.17) is 9.47 Å². The molecule has 11 rings (SSSR count). The first kappa shape index (κ1) is 65.9. The molecule has 464 valence electrons. The van der Waals surface area contributed by atoms with Gasteiger partial charge in [0.25, 0.3) is 17.7 Å². The zero-order valence-electron chi connectivity index (χ0n) is 51.8. The third-order valence-electron chi connectivity index (χ3n) is 13.8. The number of carboxylic acids is 1. The van der Waals surface area contributed by atoms with Gasteiger partial charge in [-0.15, -0.1) is 0 Å². The number of nitrogens with one attached hydrogen (secondary N) is 3. The van der Waals surface area contributed by atoms with Gasteiger partial charge in [-0.25, -0.2) is 19.4 Å². The molecule has 0 aliphatic carbocycles. The van der Waals surface area contributed by atoms with Gasteiger partial charge in [0.15, 0.2) is 0 Å². The molecule has 0 saturated carbocycles. The maximum atomic E-state index is 13.0. The summed E-state index contributed by atoms with van der Waals surface area (Å²) in [4.78, 5) is 88.3. The van der Waals surface area contributed by atoms with Gasteiger partial charge in [-0.1, -0.05) is 182 Å². The van der Waals surface area contributed by atoms with Crippen LogP contribution in [0.15, 0.2) is 266 Å². The van der Waals surface area contributed by atoms with Crippen molar-refractivity contribution >= 4 is 68.6 Å². The van der Waals surface area contributed by atoms with E-state index in [2.05, 4.69) is 46.8 Å². The molecule has 93 heavy (non-hydrogen) atoms. The second-order valence-corrected chi connectivity index (χ2v) is 23.9. The first-order chi connectivity index (χ1) is 44.6. The molecule has 3 amide bonds. The van der Waals surface area contributed by atoms with E-state index < -0.39 is 46.8 Å². The number of halogens is 1. The second kappa shape index (κ2) is 30.3. The Morgan fingerprint density at radius 2 is 0.602 bits per heavy atom. The van der Waals surface area contributed by atoms with Crippen LogP contribution in [0.2, 0.25) is 0 Å². The predicted octanol–water partition coefficient (Wildman–Crippen LogP) is 17.7. The summed E-state index contributed by atoms with van der Waals surface area (Å²) < 4.78 is 11.8. The number of carbonyl (C=O) groups is 6. The maximum Gasteiger partial charge on any atom is 0.340 e. The Hall–Kier alpha value is -11.5. The highest BCUT2D eigenvalue weighted by atomic mass is 79.9. The van der Waals surface area contributed by atoms with Crippen LogP contribution in [0, 0.1) is 0 Å². The summed E-state index contributed by atoms with van der Waals surface area (Å²) in [6.07, 6.45) is 4.84. The Balaban J connectivity index is 0.000000165. The molecule has 3 aromatic heterocycles. The Labute approximate surface area is 547 Å². The summed E-state index contributed by atoms with van der Waals surface area (Å²) in [5.41, 5.74) is 10.2. The molecule has 0 bridgehead atoms. The van der Waals surface area contributed by atoms with Crippen molar-refractivity contribution in [2.75, 3.05) is 16.0 Å². The zero-order valence-corrected chi connectivity index (χ0v) is 53.3. The van der Waals surface area contributed by atoms with Crippen LogP contribution in [0.25, 0.3) is 55.6 Å². The van der Waals surface area contributed by atoms with Gasteiger partial charge in [-0.3, -0.25) is 24.4 Å². The van der Waals surface area contributed by atoms with Crippen molar-refractivity contribution in [1.82, 2.24) is 15.0 Å². The highest BCUT2D eigenvalue weighted by molar-refractivity contribution is 9.10. The number of benzene rings is 8. The molecule has 0 aliphatic rings. The molecule has 0 atom stereocenters. The number of esters is 2. The van der Waals surface area contributed by atoms with Crippen LogP contribution in [-0.4, -0.2) is 66.9 Å². The van der Waals surface area contributed by atoms with Crippen molar-refractivity contribution in [2.45, 2.75) is 52.7 Å². The SMILES string of the molecule is CC(C)(C)OC(=O)c1ccc(-c2ccccc2)cc1NC(=O)c1ccc(-c2ccccc2)cn1.CC(C)(C)OC(=O)c1ccc(-c2ccccc2)cc1NC(=O)c1ccc(Br)cn1.O=C(Nc1cc(-c2ccccc2)ccc1C(=O)O)c1ccc(-c2ccccc2)cn1. The lowest BCUT2D eigenvalue weighted by molar-refractivity contribution is 0.00580. The Kier molecular flexibility index (Phi) is 21.5. The Morgan fingerprint density at radius 1 is 0.333 bits per heavy atom. The molecular formula is C77H65BrN6O9. The van der Waals surface area contributed by atoms with Crippen molar-refractivity contribution in [3.63, 3.8) is 0 Å². The predicted molar refractivity (Wildman–Crippen MR) is 368 cm³/mol. The van der Waals surface area contributed by atoms with Crippen LogP contribution in [0.3, 0.4) is 0 Å². The molecule has 16 heteroatoms. The highest BCUT2D eigenvalue weighted by Crippen LogP contribution is 2.32. The van der Waals surface area contributed by atoms with E-state index in [-0.39, 0.29) is 39.5 Å². The minimum Gasteiger partial charge on any atom is -0.478 e. The van der Waals surface area contributed by atoms with Crippen LogP contribution < -0.4 is 16.0 Å². The van der Waals surface area contributed by atoms with Crippen molar-refractivity contribution < 1.29 is 43.3 Å². The van der Waals surface area contributed by atoms with Gasteiger partial charge in [0.1, 0.15) is 28.3 Å². The highest BCUT2D eigenvalue weighted by Gasteiger charge is 2.25. The van der Waals surface area contributed by atoms with Crippen molar-refractivity contribution in [1.29, 1.82) is 0 Å². The molecule has 15 nitrogen and oxygen atoms in total. The third kappa shape index (κ3) is 18.6. The number of anilines is 3. The summed E-state index contributed by atoms with van der Waals surface area (Å²) in [5, 5.41) is 17.9. The van der Waals surface area contributed by atoms with E-state index in [1.54, 1.807) is 121 Å². The van der Waals surface area contributed by atoms with E-state index in [0.29, 0.717) is 11.4 Å². The van der Waals surface area contributed by atoms with Gasteiger partial charge in [-0.2, -0.15) is 0 Å². The number of aromatic nitrogens is 3. The molecule has 3 heterocycles. The molecule has 11 aromatic rings. The van der Waals surface area contributed by atoms with Crippen molar-refractivity contribution in [3.05, 3.63) is 299 Å². The number of rotatable bonds is 14. The minimum absolute atomic E-state index is 0.0175. The first-order valence-corrected chi connectivity index (χ1v) is 30.3. The number of amides is 3. The van der Waals surface area contributed by atoms with Crippen LogP contribution in [-0.2, 0) is 9.47 Å². The zero-order chi connectivity index (χ0) is 66.1. The van der Waals surface area contributed by atoms with Crippen molar-refractivity contribution in [2.24, 2.45) is 0 Å². The maximum absolute atomic E-state index is 13.0. The van der Waals surface area contributed by atoms with E-state index in [1.165, 1.54) is 6.07 Å². The molecule has 0 spiro atoms. The Bertz CT molecular complexity index is 4410. The summed E-state index contributed by atoms with van der Waals surface area (Å²) in [5.74, 6) is -3.41. The fourth-order valence-electron chi connectivity index (χ4n) is 9.31. The number of pyridine rings is 3. The van der Waals surface area contributed by atoms with Crippen LogP contribution in [0.4, 0.5) is 17.1 Å². The lowest BCUT2D eigenvalue weighted by Crippen LogP contribution is -2.25. The van der Waals surface area contributed by atoms with Gasteiger partial charge in [-0.05, 0) is 163 Å². The van der Waals surface area contributed by atoms with Gasteiger partial charge in [0, 0.05) is 34.2 Å². The minimum atomic E-state index is -1.11. The number of aromatic carboxylic acids is 1. The largest absolute Gasteiger partial charge is 0.478 e. The number of ether oxygens (including phenoxy) is 2. The average Bonchev–Trinajstić information content (AvgIpc) is 0.980. The molecule has 0 saturated heterocycles. The van der Waals surface area contributed by atoms with E-state index in [1.807, 2.05) is 176 Å². The van der Waals surface area contributed by atoms with Crippen LogP contribution in [0.1, 0.15) is 104 Å². The van der Waals surface area contributed by atoms with Crippen LogP contribution >= 0.6 is 15.9 Å². The fraction of sp³-hybridized carbons (Fsp3) is 0.104. The van der Waals surface area contributed by atoms with Gasteiger partial charge in [0.2, 0.25) is 0 Å². The fourth-order valence-corrected chi connectivity index (χ4v) is 9.54. The van der Waals surface area contributed by atoms with E-state index in [9.17, 15) is 33.9 Å². The third-order valence-corrected chi connectivity index (χ3v) is 14.2. The second-order valence-electron chi connectivity index (χ2n) is 23.0. The summed E-state index contributed by atoms with van der Waals surface area (Å²) >= 11 is 3.30. The van der Waals surface area contributed by atoms with E-state index >= 15 is 0 Å². The van der Waals surface area contributed by atoms with Crippen molar-refractivity contribution in [3.8, 4) is 55.6 Å². The average molecular weight is 1300 g/mol. The number of hydrogen-bond acceptors (Lipinski definition) is 11. The molecule has 4 N–H and O–H groups in total. The smallest absolute Gasteiger partial charge is 0.340 e. The summed E-state index contributed by atoms with van der Waals surface area (Å²) in [6, 6.07) is 74.3. The topological polar surface area (TPSA) is 216 Å². The molecular weight excluding hydrogens is 1230 g/mol. The summed E-state index contributed by atoms with van der Waals surface area (Å²) in [6.45, 7) is 10.8. The monoisotopic (exact) mass is 1300 g/mol. The molecule has 0 unspecified atom stereocenters. The number of nitrogens with zero attached hydrogens (tertiary/aromatic N) is 3. The lowest BCUT2D eigenvalue weighted by atomic mass is 10.0. The van der Waals surface area contributed by atoms with Gasteiger partial charge >= 0.3 is 17.9 Å². The molecule has 8 aromatic carbocycles. The van der Waals surface area contributed by atoms with Gasteiger partial charge in [0.05, 0.1) is 33.8 Å². The number of carboxylic acid groups (broad SMARTS) is 1. The number of hydrogen-bond donors (Lipinski definition) is 4. The van der Waals surface area contributed by atoms with Crippen LogP contribution in [0.5, 0.6) is 0 Å². The molecule has 0 fully saturated rings.